The number of H-pyrrole nitrogens is 1. The van der Waals surface area contributed by atoms with Gasteiger partial charge in [0.05, 0.1) is 29.5 Å². The van der Waals surface area contributed by atoms with E-state index in [1.807, 2.05) is 42.6 Å². The zero-order valence-corrected chi connectivity index (χ0v) is 18.9. The van der Waals surface area contributed by atoms with Crippen molar-refractivity contribution in [1.82, 2.24) is 14.8 Å². The number of halogens is 1. The second-order valence-electron chi connectivity index (χ2n) is 6.63. The molecule has 7 nitrogen and oxygen atoms in total. The summed E-state index contributed by atoms with van der Waals surface area (Å²) in [5.74, 6) is 0.503. The molecule has 0 saturated carbocycles. The minimum Gasteiger partial charge on any atom is -0.378 e. The van der Waals surface area contributed by atoms with Crippen molar-refractivity contribution in [1.29, 1.82) is 0 Å². The van der Waals surface area contributed by atoms with Crippen molar-refractivity contribution >= 4 is 56.8 Å². The fourth-order valence-corrected chi connectivity index (χ4v) is 4.65. The Bertz CT molecular complexity index is 1060. The van der Waals surface area contributed by atoms with Crippen molar-refractivity contribution in [3.8, 4) is 10.7 Å². The Balaban J connectivity index is 1.61. The Hall–Kier alpha value is -2.01. The van der Waals surface area contributed by atoms with Crippen molar-refractivity contribution in [3.63, 3.8) is 0 Å². The van der Waals surface area contributed by atoms with Gasteiger partial charge in [0.1, 0.15) is 6.04 Å². The molecule has 10 heteroatoms. The Labute approximate surface area is 185 Å². The van der Waals surface area contributed by atoms with E-state index in [0.717, 1.165) is 33.8 Å². The third-order valence-corrected chi connectivity index (χ3v) is 6.43. The van der Waals surface area contributed by atoms with Crippen LogP contribution < -0.4 is 10.2 Å². The summed E-state index contributed by atoms with van der Waals surface area (Å²) in [5, 5.41) is 12.2. The van der Waals surface area contributed by atoms with Gasteiger partial charge >= 0.3 is 0 Å². The highest BCUT2D eigenvalue weighted by Gasteiger charge is 2.23. The smallest absolute Gasteiger partial charge is 0.247 e. The van der Waals surface area contributed by atoms with Crippen LogP contribution in [0.15, 0.2) is 40.2 Å². The van der Waals surface area contributed by atoms with Gasteiger partial charge in [-0.1, -0.05) is 22.0 Å². The summed E-state index contributed by atoms with van der Waals surface area (Å²) in [6, 6.07) is 9.28. The molecule has 29 heavy (non-hydrogen) atoms. The first-order valence-corrected chi connectivity index (χ1v) is 11.3. The SMILES string of the molecule is CC(C(=O)Nc1cc(Br)ccc1N1CCOCC1)n1c(-c2cccs2)n[nH]c1=S. The van der Waals surface area contributed by atoms with Gasteiger partial charge in [0.2, 0.25) is 5.91 Å². The monoisotopic (exact) mass is 493 g/mol. The molecule has 4 rings (SSSR count). The molecule has 1 aliphatic rings. The molecule has 1 unspecified atom stereocenters. The van der Waals surface area contributed by atoms with Crippen LogP contribution in [0.25, 0.3) is 10.7 Å². The van der Waals surface area contributed by atoms with E-state index in [9.17, 15) is 4.79 Å². The minimum absolute atomic E-state index is 0.159. The first-order chi connectivity index (χ1) is 14.0. The van der Waals surface area contributed by atoms with Gasteiger partial charge in [-0.3, -0.25) is 14.5 Å². The summed E-state index contributed by atoms with van der Waals surface area (Å²) in [5.41, 5.74) is 1.73. The van der Waals surface area contributed by atoms with Crippen LogP contribution in [0.5, 0.6) is 0 Å². The number of carbonyl (C=O) groups excluding carboxylic acids is 1. The van der Waals surface area contributed by atoms with Crippen molar-refractivity contribution in [2.24, 2.45) is 0 Å². The van der Waals surface area contributed by atoms with Crippen LogP contribution in [0.1, 0.15) is 13.0 Å². The van der Waals surface area contributed by atoms with Crippen LogP contribution in [0.3, 0.4) is 0 Å². The number of hydrogen-bond acceptors (Lipinski definition) is 6. The summed E-state index contributed by atoms with van der Waals surface area (Å²) >= 11 is 10.5. The summed E-state index contributed by atoms with van der Waals surface area (Å²) in [7, 11) is 0. The van der Waals surface area contributed by atoms with Crippen molar-refractivity contribution in [2.45, 2.75) is 13.0 Å². The van der Waals surface area contributed by atoms with Gasteiger partial charge in [0.25, 0.3) is 0 Å². The number of carbonyl (C=O) groups is 1. The molecular formula is C19H20BrN5O2S2. The fourth-order valence-electron chi connectivity index (χ4n) is 3.29. The summed E-state index contributed by atoms with van der Waals surface area (Å²) in [4.78, 5) is 16.3. The average molecular weight is 494 g/mol. The molecule has 1 saturated heterocycles. The number of morpholine rings is 1. The zero-order valence-electron chi connectivity index (χ0n) is 15.7. The summed E-state index contributed by atoms with van der Waals surface area (Å²) in [6.45, 7) is 4.75. The van der Waals surface area contributed by atoms with Crippen LogP contribution in [0.4, 0.5) is 11.4 Å². The molecule has 2 aromatic heterocycles. The van der Waals surface area contributed by atoms with E-state index >= 15 is 0 Å². The molecule has 152 valence electrons. The highest BCUT2D eigenvalue weighted by molar-refractivity contribution is 9.10. The maximum Gasteiger partial charge on any atom is 0.247 e. The molecule has 1 aromatic carbocycles. The lowest BCUT2D eigenvalue weighted by Crippen LogP contribution is -2.37. The molecule has 3 heterocycles. The third kappa shape index (κ3) is 4.30. The molecule has 1 atom stereocenters. The van der Waals surface area contributed by atoms with E-state index < -0.39 is 6.04 Å². The van der Waals surface area contributed by atoms with Crippen molar-refractivity contribution < 1.29 is 9.53 Å². The molecular weight excluding hydrogens is 474 g/mol. The third-order valence-electron chi connectivity index (χ3n) is 4.78. The number of aromatic nitrogens is 3. The predicted molar refractivity (Wildman–Crippen MR) is 121 cm³/mol. The molecule has 0 bridgehead atoms. The van der Waals surface area contributed by atoms with E-state index in [1.165, 1.54) is 0 Å². The topological polar surface area (TPSA) is 75.2 Å². The van der Waals surface area contributed by atoms with E-state index in [4.69, 9.17) is 17.0 Å². The Morgan fingerprint density at radius 2 is 2.17 bits per heavy atom. The lowest BCUT2D eigenvalue weighted by Gasteiger charge is -2.31. The second kappa shape index (κ2) is 8.78. The van der Waals surface area contributed by atoms with Crippen LogP contribution in [-0.2, 0) is 9.53 Å². The molecule has 1 aliphatic heterocycles. The quantitative estimate of drug-likeness (QED) is 0.512. The zero-order chi connectivity index (χ0) is 20.4. The Morgan fingerprint density at radius 3 is 2.90 bits per heavy atom. The molecule has 2 N–H and O–H groups in total. The number of amides is 1. The largest absolute Gasteiger partial charge is 0.378 e. The molecule has 1 fully saturated rings. The number of aromatic amines is 1. The number of hydrogen-bond donors (Lipinski definition) is 2. The molecule has 3 aromatic rings. The maximum atomic E-state index is 13.2. The molecule has 0 spiro atoms. The average Bonchev–Trinajstić information content (AvgIpc) is 3.38. The molecule has 0 aliphatic carbocycles. The van der Waals surface area contributed by atoms with E-state index in [-0.39, 0.29) is 5.91 Å². The standard InChI is InChI=1S/C19H20BrN5O2S2/c1-12(25-17(22-23-19(25)28)16-3-2-10-29-16)18(26)21-14-11-13(20)4-5-15(14)24-6-8-27-9-7-24/h2-5,10-12H,6-9H2,1H3,(H,21,26)(H,23,28). The van der Waals surface area contributed by atoms with Gasteiger partial charge in [0.15, 0.2) is 10.6 Å². The normalized spacial score (nSPS) is 15.3. The van der Waals surface area contributed by atoms with Gasteiger partial charge < -0.3 is 15.0 Å². The minimum atomic E-state index is -0.533. The number of thiophene rings is 1. The van der Waals surface area contributed by atoms with Crippen LogP contribution >= 0.6 is 39.5 Å². The number of rotatable bonds is 5. The Kier molecular flexibility index (Phi) is 6.14. The van der Waals surface area contributed by atoms with Crippen LogP contribution in [-0.4, -0.2) is 47.0 Å². The van der Waals surface area contributed by atoms with Crippen LogP contribution in [0, 0.1) is 4.77 Å². The predicted octanol–water partition coefficient (Wildman–Crippen LogP) is 4.47. The second-order valence-corrected chi connectivity index (χ2v) is 8.88. The van der Waals surface area contributed by atoms with Crippen molar-refractivity contribution in [3.05, 3.63) is 45.0 Å². The first-order valence-electron chi connectivity index (χ1n) is 9.18. The van der Waals surface area contributed by atoms with E-state index in [1.54, 1.807) is 15.9 Å². The van der Waals surface area contributed by atoms with Crippen LogP contribution in [0.2, 0.25) is 0 Å². The fraction of sp³-hybridized carbons (Fsp3) is 0.316. The van der Waals surface area contributed by atoms with E-state index in [0.29, 0.717) is 23.8 Å². The molecule has 0 radical (unpaired) electrons. The lowest BCUT2D eigenvalue weighted by molar-refractivity contribution is -0.118. The van der Waals surface area contributed by atoms with Gasteiger partial charge in [-0.2, -0.15) is 5.10 Å². The Morgan fingerprint density at radius 1 is 1.38 bits per heavy atom. The summed E-state index contributed by atoms with van der Waals surface area (Å²) < 4.78 is 8.52. The van der Waals surface area contributed by atoms with E-state index in [2.05, 4.69) is 36.3 Å². The van der Waals surface area contributed by atoms with Gasteiger partial charge in [-0.15, -0.1) is 11.3 Å². The number of benzene rings is 1. The van der Waals surface area contributed by atoms with Gasteiger partial charge in [-0.05, 0) is 48.8 Å². The van der Waals surface area contributed by atoms with Gasteiger partial charge in [0, 0.05) is 17.6 Å². The molecule has 1 amide bonds. The number of nitrogens with zero attached hydrogens (tertiary/aromatic N) is 3. The van der Waals surface area contributed by atoms with Gasteiger partial charge in [-0.25, -0.2) is 0 Å². The number of ether oxygens (including phenoxy) is 1. The first kappa shape index (κ1) is 20.3. The summed E-state index contributed by atoms with van der Waals surface area (Å²) in [6.07, 6.45) is 0. The maximum absolute atomic E-state index is 13.2. The highest BCUT2D eigenvalue weighted by atomic mass is 79.9. The van der Waals surface area contributed by atoms with Crippen molar-refractivity contribution in [2.75, 3.05) is 36.5 Å². The number of nitrogens with one attached hydrogen (secondary N) is 2. The lowest BCUT2D eigenvalue weighted by atomic mass is 10.2. The number of anilines is 2. The highest BCUT2D eigenvalue weighted by Crippen LogP contribution is 2.31.